The molecule has 3 N–H and O–H groups in total. The van der Waals surface area contributed by atoms with Crippen LogP contribution in [0.1, 0.15) is 40.0 Å². The van der Waals surface area contributed by atoms with Gasteiger partial charge in [0.15, 0.2) is 0 Å². The van der Waals surface area contributed by atoms with Crippen molar-refractivity contribution in [3.63, 3.8) is 0 Å². The van der Waals surface area contributed by atoms with Crippen LogP contribution in [0.5, 0.6) is 0 Å². The topological polar surface area (TPSA) is 47.3 Å². The van der Waals surface area contributed by atoms with Gasteiger partial charge in [-0.15, -0.1) is 0 Å². The quantitative estimate of drug-likeness (QED) is 0.412. The fourth-order valence-corrected chi connectivity index (χ4v) is 1.93. The summed E-state index contributed by atoms with van der Waals surface area (Å²) in [5.41, 5.74) is 3.97. The molecule has 0 saturated carbocycles. The standard InChI is InChI=1S/C11H22N2O/c1-9(2)8-10(13-12)11(3)6-4-5-7-14-11/h8,10,13H,4-7,12H2,1-3H3. The molecule has 1 rings (SSSR count). The first-order valence-electron chi connectivity index (χ1n) is 5.33. The van der Waals surface area contributed by atoms with Crippen molar-refractivity contribution in [1.82, 2.24) is 5.43 Å². The fraction of sp³-hybridized carbons (Fsp3) is 0.818. The van der Waals surface area contributed by atoms with E-state index in [2.05, 4.69) is 32.3 Å². The Hall–Kier alpha value is -0.380. The van der Waals surface area contributed by atoms with Crippen LogP contribution in [0.3, 0.4) is 0 Å². The molecule has 0 aromatic carbocycles. The summed E-state index contributed by atoms with van der Waals surface area (Å²) in [4.78, 5) is 0. The molecule has 1 fully saturated rings. The number of nitrogens with two attached hydrogens (primary N) is 1. The average Bonchev–Trinajstić information content (AvgIpc) is 2.15. The second-order valence-corrected chi connectivity index (χ2v) is 4.51. The first kappa shape index (κ1) is 11.7. The smallest absolute Gasteiger partial charge is 0.0855 e. The average molecular weight is 198 g/mol. The molecule has 0 radical (unpaired) electrons. The van der Waals surface area contributed by atoms with Crippen molar-refractivity contribution < 1.29 is 4.74 Å². The number of allylic oxidation sites excluding steroid dienone is 1. The zero-order valence-electron chi connectivity index (χ0n) is 9.47. The molecule has 1 aliphatic heterocycles. The van der Waals surface area contributed by atoms with Crippen LogP contribution in [0.2, 0.25) is 0 Å². The Kier molecular flexibility index (Phi) is 4.11. The van der Waals surface area contributed by atoms with Crippen LogP contribution >= 0.6 is 0 Å². The summed E-state index contributed by atoms with van der Waals surface area (Å²) in [5, 5.41) is 0. The predicted octanol–water partition coefficient (Wildman–Crippen LogP) is 1.74. The Balaban J connectivity index is 2.70. The molecule has 3 nitrogen and oxygen atoms in total. The second kappa shape index (κ2) is 4.91. The van der Waals surface area contributed by atoms with Gasteiger partial charge in [0.2, 0.25) is 0 Å². The van der Waals surface area contributed by atoms with Gasteiger partial charge >= 0.3 is 0 Å². The number of ether oxygens (including phenoxy) is 1. The van der Waals surface area contributed by atoms with Crippen molar-refractivity contribution in [3.05, 3.63) is 11.6 Å². The van der Waals surface area contributed by atoms with Gasteiger partial charge in [-0.05, 0) is 40.0 Å². The maximum Gasteiger partial charge on any atom is 0.0855 e. The summed E-state index contributed by atoms with van der Waals surface area (Å²) in [7, 11) is 0. The minimum atomic E-state index is -0.135. The zero-order valence-corrected chi connectivity index (χ0v) is 9.47. The lowest BCUT2D eigenvalue weighted by molar-refractivity contribution is -0.0789. The SMILES string of the molecule is CC(C)=CC(NN)C1(C)CCCCO1. The molecule has 1 aliphatic rings. The van der Waals surface area contributed by atoms with Crippen molar-refractivity contribution in [2.75, 3.05) is 6.61 Å². The Labute approximate surface area is 86.7 Å². The maximum atomic E-state index is 5.83. The van der Waals surface area contributed by atoms with Crippen molar-refractivity contribution >= 4 is 0 Å². The van der Waals surface area contributed by atoms with Gasteiger partial charge < -0.3 is 4.74 Å². The number of nitrogens with one attached hydrogen (secondary N) is 1. The third kappa shape index (κ3) is 2.80. The number of rotatable bonds is 3. The lowest BCUT2D eigenvalue weighted by Gasteiger charge is -2.39. The lowest BCUT2D eigenvalue weighted by atomic mass is 9.87. The molecule has 3 heteroatoms. The largest absolute Gasteiger partial charge is 0.373 e. The van der Waals surface area contributed by atoms with Crippen LogP contribution in [0.25, 0.3) is 0 Å². The molecule has 14 heavy (non-hydrogen) atoms. The van der Waals surface area contributed by atoms with Gasteiger partial charge in [0.05, 0.1) is 11.6 Å². The van der Waals surface area contributed by atoms with Crippen LogP contribution < -0.4 is 11.3 Å². The summed E-state index contributed by atoms with van der Waals surface area (Å²) >= 11 is 0. The number of hydrogen-bond acceptors (Lipinski definition) is 3. The van der Waals surface area contributed by atoms with Crippen molar-refractivity contribution in [2.24, 2.45) is 5.84 Å². The first-order chi connectivity index (χ1) is 6.58. The highest BCUT2D eigenvalue weighted by Crippen LogP contribution is 2.28. The first-order valence-corrected chi connectivity index (χ1v) is 5.33. The van der Waals surface area contributed by atoms with Crippen molar-refractivity contribution in [1.29, 1.82) is 0 Å². The number of hydrogen-bond donors (Lipinski definition) is 2. The van der Waals surface area contributed by atoms with Gasteiger partial charge in [-0.1, -0.05) is 11.6 Å². The molecule has 0 aromatic rings. The highest BCUT2D eigenvalue weighted by Gasteiger charge is 2.34. The molecule has 0 amide bonds. The molecular weight excluding hydrogens is 176 g/mol. The van der Waals surface area contributed by atoms with Gasteiger partial charge in [-0.2, -0.15) is 0 Å². The summed E-state index contributed by atoms with van der Waals surface area (Å²) in [6.07, 6.45) is 5.62. The van der Waals surface area contributed by atoms with Crippen LogP contribution in [-0.4, -0.2) is 18.2 Å². The van der Waals surface area contributed by atoms with E-state index in [0.29, 0.717) is 0 Å². The minimum absolute atomic E-state index is 0.118. The summed E-state index contributed by atoms with van der Waals surface area (Å²) in [6, 6.07) is 0.118. The van der Waals surface area contributed by atoms with Gasteiger partial charge in [-0.25, -0.2) is 0 Å². The number of hydrazine groups is 1. The van der Waals surface area contributed by atoms with Crippen LogP contribution in [0.15, 0.2) is 11.6 Å². The fourth-order valence-electron chi connectivity index (χ4n) is 1.93. The molecule has 2 atom stereocenters. The summed E-state index contributed by atoms with van der Waals surface area (Å²) in [5.74, 6) is 5.56. The molecule has 82 valence electrons. The third-order valence-corrected chi connectivity index (χ3v) is 2.84. The molecule has 0 aromatic heterocycles. The molecule has 1 heterocycles. The molecular formula is C11H22N2O. The van der Waals surface area contributed by atoms with Crippen molar-refractivity contribution in [2.45, 2.75) is 51.7 Å². The molecule has 0 spiro atoms. The highest BCUT2D eigenvalue weighted by molar-refractivity contribution is 5.08. The van der Waals surface area contributed by atoms with E-state index < -0.39 is 0 Å². The van der Waals surface area contributed by atoms with E-state index in [1.165, 1.54) is 18.4 Å². The van der Waals surface area contributed by atoms with E-state index in [1.807, 2.05) is 0 Å². The maximum absolute atomic E-state index is 5.83. The molecule has 1 saturated heterocycles. The van der Waals surface area contributed by atoms with Crippen LogP contribution in [0, 0.1) is 0 Å². The third-order valence-electron chi connectivity index (χ3n) is 2.84. The zero-order chi connectivity index (χ0) is 10.6. The van der Waals surface area contributed by atoms with E-state index >= 15 is 0 Å². The van der Waals surface area contributed by atoms with Gasteiger partial charge in [0.1, 0.15) is 0 Å². The monoisotopic (exact) mass is 198 g/mol. The van der Waals surface area contributed by atoms with Crippen molar-refractivity contribution in [3.8, 4) is 0 Å². The Morgan fingerprint density at radius 2 is 2.21 bits per heavy atom. The molecule has 0 aliphatic carbocycles. The lowest BCUT2D eigenvalue weighted by Crippen LogP contribution is -2.53. The normalized spacial score (nSPS) is 29.7. The van der Waals surface area contributed by atoms with Gasteiger partial charge in [-0.3, -0.25) is 11.3 Å². The van der Waals surface area contributed by atoms with Crippen LogP contribution in [-0.2, 0) is 4.74 Å². The Bertz CT molecular complexity index is 203. The minimum Gasteiger partial charge on any atom is -0.373 e. The molecule has 0 bridgehead atoms. The Morgan fingerprint density at radius 1 is 1.50 bits per heavy atom. The van der Waals surface area contributed by atoms with E-state index in [9.17, 15) is 0 Å². The summed E-state index contributed by atoms with van der Waals surface area (Å²) < 4.78 is 5.83. The van der Waals surface area contributed by atoms with Gasteiger partial charge in [0.25, 0.3) is 0 Å². The van der Waals surface area contributed by atoms with E-state index in [-0.39, 0.29) is 11.6 Å². The Morgan fingerprint density at radius 3 is 2.64 bits per heavy atom. The summed E-state index contributed by atoms with van der Waals surface area (Å²) in [6.45, 7) is 7.15. The van der Waals surface area contributed by atoms with E-state index in [4.69, 9.17) is 10.6 Å². The van der Waals surface area contributed by atoms with E-state index in [1.54, 1.807) is 0 Å². The molecule has 2 unspecified atom stereocenters. The predicted molar refractivity (Wildman–Crippen MR) is 58.8 cm³/mol. The van der Waals surface area contributed by atoms with Gasteiger partial charge in [0, 0.05) is 6.61 Å². The second-order valence-electron chi connectivity index (χ2n) is 4.51. The van der Waals surface area contributed by atoms with E-state index in [0.717, 1.165) is 13.0 Å². The van der Waals surface area contributed by atoms with Crippen LogP contribution in [0.4, 0.5) is 0 Å². The highest BCUT2D eigenvalue weighted by atomic mass is 16.5.